The van der Waals surface area contributed by atoms with Gasteiger partial charge in [-0.25, -0.2) is 4.79 Å². The molecule has 0 aliphatic carbocycles. The molecule has 0 saturated heterocycles. The highest BCUT2D eigenvalue weighted by Gasteiger charge is 2.38. The monoisotopic (exact) mass is 561 g/mol. The summed E-state index contributed by atoms with van der Waals surface area (Å²) in [6.07, 6.45) is 7.62. The van der Waals surface area contributed by atoms with Gasteiger partial charge in [-0.15, -0.1) is 6.42 Å². The molecular weight excluding hydrogens is 518 g/mol. The van der Waals surface area contributed by atoms with E-state index in [2.05, 4.69) is 16.6 Å². The summed E-state index contributed by atoms with van der Waals surface area (Å²) >= 11 is 1.54. The smallest absolute Gasteiger partial charge is 0.408 e. The molecule has 216 valence electrons. The number of amides is 3. The van der Waals surface area contributed by atoms with Crippen molar-refractivity contribution in [3.63, 3.8) is 0 Å². The number of carbonyl (C=O) groups is 4. The summed E-state index contributed by atoms with van der Waals surface area (Å²) in [7, 11) is 0. The normalized spacial score (nSPS) is 13.3. The van der Waals surface area contributed by atoms with Crippen LogP contribution >= 0.6 is 11.8 Å². The van der Waals surface area contributed by atoms with Gasteiger partial charge < -0.3 is 25.0 Å². The van der Waals surface area contributed by atoms with Crippen LogP contribution in [0.1, 0.15) is 78.0 Å². The van der Waals surface area contributed by atoms with E-state index in [4.69, 9.17) is 15.9 Å². The molecule has 3 unspecified atom stereocenters. The molecule has 0 fully saturated rings. The fraction of sp³-hybridized carbons (Fsp3) is 0.586. The van der Waals surface area contributed by atoms with Crippen LogP contribution in [0.4, 0.5) is 4.79 Å². The van der Waals surface area contributed by atoms with Gasteiger partial charge in [0, 0.05) is 18.2 Å². The number of terminal acetylenes is 1. The number of thioether (sulfide) groups is 1. The standard InChI is InChI=1S/C29H43N3O6S/c1-9-20(4)32(27(35)23(17-19-39-8)31-28(36)38-29(5,6)7)25(22-14-12-21(10-2)13-15-22)26(34)30-18-16-24(33)37-11-3/h2,12-15,20,23,25H,9,11,16-19H2,1,3-8H3,(H,30,34)(H,31,36). The predicted molar refractivity (Wildman–Crippen MR) is 154 cm³/mol. The summed E-state index contributed by atoms with van der Waals surface area (Å²) in [6, 6.07) is 4.54. The first-order valence-electron chi connectivity index (χ1n) is 13.2. The predicted octanol–water partition coefficient (Wildman–Crippen LogP) is 4.05. The summed E-state index contributed by atoms with van der Waals surface area (Å²) in [5.41, 5.74) is 0.441. The third kappa shape index (κ3) is 11.6. The number of nitrogens with one attached hydrogen (secondary N) is 2. The Morgan fingerprint density at radius 2 is 1.77 bits per heavy atom. The van der Waals surface area contributed by atoms with Crippen molar-refractivity contribution in [2.75, 3.05) is 25.2 Å². The van der Waals surface area contributed by atoms with Crippen molar-refractivity contribution in [2.45, 2.75) is 84.5 Å². The van der Waals surface area contributed by atoms with E-state index in [9.17, 15) is 19.2 Å². The largest absolute Gasteiger partial charge is 0.466 e. The van der Waals surface area contributed by atoms with Crippen LogP contribution in [0.2, 0.25) is 0 Å². The van der Waals surface area contributed by atoms with Gasteiger partial charge in [0.15, 0.2) is 0 Å². The van der Waals surface area contributed by atoms with E-state index in [0.29, 0.717) is 29.7 Å². The molecule has 39 heavy (non-hydrogen) atoms. The van der Waals surface area contributed by atoms with Crippen molar-refractivity contribution in [3.05, 3.63) is 35.4 Å². The van der Waals surface area contributed by atoms with E-state index in [1.807, 2.05) is 20.1 Å². The molecule has 0 aliphatic heterocycles. The van der Waals surface area contributed by atoms with Crippen molar-refractivity contribution in [1.82, 2.24) is 15.5 Å². The van der Waals surface area contributed by atoms with Gasteiger partial charge in [-0.2, -0.15) is 11.8 Å². The zero-order valence-corrected chi connectivity index (χ0v) is 25.0. The maximum Gasteiger partial charge on any atom is 0.408 e. The van der Waals surface area contributed by atoms with E-state index in [0.717, 1.165) is 0 Å². The first-order chi connectivity index (χ1) is 18.4. The van der Waals surface area contributed by atoms with Gasteiger partial charge in [-0.3, -0.25) is 14.4 Å². The average Bonchev–Trinajstić information content (AvgIpc) is 2.87. The van der Waals surface area contributed by atoms with E-state index in [1.165, 1.54) is 4.90 Å². The Balaban J connectivity index is 3.45. The molecule has 0 radical (unpaired) electrons. The van der Waals surface area contributed by atoms with Crippen LogP contribution in [0.15, 0.2) is 24.3 Å². The molecule has 0 bridgehead atoms. The fourth-order valence-corrected chi connectivity index (χ4v) is 4.21. The highest BCUT2D eigenvalue weighted by atomic mass is 32.2. The second kappa shape index (κ2) is 16.7. The lowest BCUT2D eigenvalue weighted by Gasteiger charge is -2.38. The van der Waals surface area contributed by atoms with Crippen LogP contribution in [0.3, 0.4) is 0 Å². The van der Waals surface area contributed by atoms with E-state index >= 15 is 0 Å². The summed E-state index contributed by atoms with van der Waals surface area (Å²) in [5, 5.41) is 5.50. The summed E-state index contributed by atoms with van der Waals surface area (Å²) in [5.74, 6) is 1.87. The van der Waals surface area contributed by atoms with Crippen molar-refractivity contribution < 1.29 is 28.7 Å². The van der Waals surface area contributed by atoms with Gasteiger partial charge in [0.2, 0.25) is 11.8 Å². The molecule has 1 aromatic rings. The SMILES string of the molecule is C#Cc1ccc(C(C(=O)NCCC(=O)OCC)N(C(=O)C(CCSC)NC(=O)OC(C)(C)C)C(C)CC)cc1. The van der Waals surface area contributed by atoms with Crippen LogP contribution in [0, 0.1) is 12.3 Å². The highest BCUT2D eigenvalue weighted by molar-refractivity contribution is 7.98. The number of benzene rings is 1. The van der Waals surface area contributed by atoms with E-state index < -0.39 is 41.6 Å². The molecular formula is C29H43N3O6S. The minimum Gasteiger partial charge on any atom is -0.466 e. The number of hydrogen-bond donors (Lipinski definition) is 2. The van der Waals surface area contributed by atoms with Gasteiger partial charge >= 0.3 is 12.1 Å². The fourth-order valence-electron chi connectivity index (χ4n) is 3.74. The number of esters is 1. The van der Waals surface area contributed by atoms with Crippen molar-refractivity contribution in [1.29, 1.82) is 0 Å². The number of nitrogens with zero attached hydrogens (tertiary/aromatic N) is 1. The van der Waals surface area contributed by atoms with Crippen molar-refractivity contribution in [3.8, 4) is 12.3 Å². The van der Waals surface area contributed by atoms with Crippen molar-refractivity contribution >= 4 is 35.6 Å². The van der Waals surface area contributed by atoms with Crippen molar-refractivity contribution in [2.24, 2.45) is 0 Å². The lowest BCUT2D eigenvalue weighted by atomic mass is 9.98. The quantitative estimate of drug-likeness (QED) is 0.260. The van der Waals surface area contributed by atoms with Crippen LogP contribution in [0.25, 0.3) is 0 Å². The first kappa shape index (κ1) is 33.8. The topological polar surface area (TPSA) is 114 Å². The van der Waals surface area contributed by atoms with Crippen LogP contribution in [-0.4, -0.2) is 71.6 Å². The van der Waals surface area contributed by atoms with E-state index in [-0.39, 0.29) is 25.6 Å². The van der Waals surface area contributed by atoms with Crippen LogP contribution in [0.5, 0.6) is 0 Å². The zero-order valence-electron chi connectivity index (χ0n) is 24.2. The molecule has 0 saturated carbocycles. The lowest BCUT2D eigenvalue weighted by molar-refractivity contribution is -0.146. The average molecular weight is 562 g/mol. The summed E-state index contributed by atoms with van der Waals surface area (Å²) in [6.45, 7) is 11.0. The summed E-state index contributed by atoms with van der Waals surface area (Å²) < 4.78 is 10.4. The second-order valence-electron chi connectivity index (χ2n) is 10.00. The van der Waals surface area contributed by atoms with Gasteiger partial charge in [-0.05, 0) is 77.2 Å². The summed E-state index contributed by atoms with van der Waals surface area (Å²) in [4.78, 5) is 53.7. The third-order valence-electron chi connectivity index (χ3n) is 5.77. The van der Waals surface area contributed by atoms with Gasteiger partial charge in [0.25, 0.3) is 0 Å². The molecule has 0 spiro atoms. The molecule has 3 atom stereocenters. The molecule has 0 aliphatic rings. The number of alkyl carbamates (subject to hydrolysis) is 1. The molecule has 1 aromatic carbocycles. The maximum absolute atomic E-state index is 14.1. The first-order valence-corrected chi connectivity index (χ1v) is 14.6. The Morgan fingerprint density at radius 1 is 1.13 bits per heavy atom. The van der Waals surface area contributed by atoms with Crippen LogP contribution in [-0.2, 0) is 23.9 Å². The lowest BCUT2D eigenvalue weighted by Crippen LogP contribution is -2.55. The van der Waals surface area contributed by atoms with Gasteiger partial charge in [0.1, 0.15) is 17.7 Å². The molecule has 0 heterocycles. The second-order valence-corrected chi connectivity index (χ2v) is 11.0. The number of hydrogen-bond acceptors (Lipinski definition) is 7. The Kier molecular flexibility index (Phi) is 14.5. The Labute approximate surface area is 237 Å². The zero-order chi connectivity index (χ0) is 29.6. The molecule has 10 heteroatoms. The molecule has 9 nitrogen and oxygen atoms in total. The Hall–Kier alpha value is -3.19. The molecule has 1 rings (SSSR count). The minimum absolute atomic E-state index is 0.00381. The minimum atomic E-state index is -1.03. The van der Waals surface area contributed by atoms with E-state index in [1.54, 1.807) is 63.7 Å². The van der Waals surface area contributed by atoms with Gasteiger partial charge in [0.05, 0.1) is 13.0 Å². The third-order valence-corrected chi connectivity index (χ3v) is 6.42. The number of carbonyl (C=O) groups excluding carboxylic acids is 4. The molecule has 2 N–H and O–H groups in total. The highest BCUT2D eigenvalue weighted by Crippen LogP contribution is 2.27. The number of rotatable bonds is 14. The Morgan fingerprint density at radius 3 is 2.28 bits per heavy atom. The maximum atomic E-state index is 14.1. The number of ether oxygens (including phenoxy) is 2. The van der Waals surface area contributed by atoms with Gasteiger partial charge in [-0.1, -0.05) is 25.0 Å². The molecule has 0 aromatic heterocycles. The Bertz CT molecular complexity index is 1000. The molecule has 3 amide bonds. The van der Waals surface area contributed by atoms with Crippen LogP contribution < -0.4 is 10.6 Å².